The molecule has 3 N–H and O–H groups in total. The van der Waals surface area contributed by atoms with Gasteiger partial charge in [0.05, 0.1) is 23.3 Å². The highest BCUT2D eigenvalue weighted by atomic mass is 35.5. The predicted molar refractivity (Wildman–Crippen MR) is 126 cm³/mol. The summed E-state index contributed by atoms with van der Waals surface area (Å²) in [6.45, 7) is 0.643. The number of carbonyl (C=O) groups is 1. The molecule has 1 amide bonds. The second kappa shape index (κ2) is 12.0. The molecule has 9 heteroatoms. The number of amides is 1. The summed E-state index contributed by atoms with van der Waals surface area (Å²) in [6, 6.07) is 9.21. The van der Waals surface area contributed by atoms with Gasteiger partial charge in [-0.3, -0.25) is 9.78 Å². The maximum atomic E-state index is 13.4. The van der Waals surface area contributed by atoms with Crippen molar-refractivity contribution in [1.29, 1.82) is 0 Å². The monoisotopic (exact) mass is 460 g/mol. The van der Waals surface area contributed by atoms with Gasteiger partial charge in [0, 0.05) is 36.3 Å². The molecule has 0 saturated heterocycles. The first-order valence-corrected chi connectivity index (χ1v) is 10.0. The van der Waals surface area contributed by atoms with E-state index in [2.05, 4.69) is 16.0 Å². The summed E-state index contributed by atoms with van der Waals surface area (Å²) >= 11 is 5.84. The van der Waals surface area contributed by atoms with Gasteiger partial charge in [-0.1, -0.05) is 17.7 Å². The van der Waals surface area contributed by atoms with Gasteiger partial charge in [-0.05, 0) is 45.4 Å². The Kier molecular flexibility index (Phi) is 9.39. The third-order valence-electron chi connectivity index (χ3n) is 4.14. The van der Waals surface area contributed by atoms with E-state index in [0.29, 0.717) is 40.4 Å². The zero-order chi connectivity index (χ0) is 23.7. The number of methoxy groups -OCH3 is 1. The van der Waals surface area contributed by atoms with Crippen molar-refractivity contribution in [1.82, 2.24) is 9.88 Å². The Morgan fingerprint density at radius 3 is 2.62 bits per heavy atom. The molecular formula is C23H26ClFN4O3. The van der Waals surface area contributed by atoms with Gasteiger partial charge in [-0.25, -0.2) is 4.39 Å². The molecule has 2 aromatic carbocycles. The molecule has 0 fully saturated rings. The van der Waals surface area contributed by atoms with Crippen LogP contribution in [0.25, 0.3) is 10.9 Å². The molecule has 7 nitrogen and oxygen atoms in total. The quantitative estimate of drug-likeness (QED) is 0.506. The molecule has 0 aliphatic carbocycles. The van der Waals surface area contributed by atoms with Gasteiger partial charge < -0.3 is 25.4 Å². The number of nitrogens with one attached hydrogen (secondary N) is 1. The summed E-state index contributed by atoms with van der Waals surface area (Å²) in [6.07, 6.45) is 4.81. The average Bonchev–Trinajstić information content (AvgIpc) is 2.77. The molecule has 0 unspecified atom stereocenters. The fraction of sp³-hybridized carbons (Fsp3) is 0.217. The Morgan fingerprint density at radius 1 is 1.22 bits per heavy atom. The van der Waals surface area contributed by atoms with Crippen molar-refractivity contribution in [2.24, 2.45) is 5.73 Å². The number of pyridine rings is 1. The average molecular weight is 461 g/mol. The molecule has 0 aliphatic rings. The zero-order valence-electron chi connectivity index (χ0n) is 18.4. The fourth-order valence-corrected chi connectivity index (χ4v) is 2.89. The van der Waals surface area contributed by atoms with E-state index in [0.717, 1.165) is 0 Å². The highest BCUT2D eigenvalue weighted by molar-refractivity contribution is 6.30. The first-order valence-electron chi connectivity index (χ1n) is 9.67. The molecule has 0 saturated carbocycles. The largest absolute Gasteiger partial charge is 0.494 e. The van der Waals surface area contributed by atoms with Gasteiger partial charge in [0.1, 0.15) is 23.1 Å². The number of hydrogen-bond donors (Lipinski definition) is 2. The van der Waals surface area contributed by atoms with Crippen molar-refractivity contribution in [2.75, 3.05) is 40.1 Å². The van der Waals surface area contributed by atoms with Crippen LogP contribution in [0.3, 0.4) is 0 Å². The smallest absolute Gasteiger partial charge is 0.248 e. The molecule has 0 atom stereocenters. The normalized spacial score (nSPS) is 10.8. The molecule has 0 bridgehead atoms. The van der Waals surface area contributed by atoms with E-state index < -0.39 is 5.82 Å². The van der Waals surface area contributed by atoms with E-state index in [4.69, 9.17) is 21.1 Å². The van der Waals surface area contributed by atoms with E-state index in [1.54, 1.807) is 30.5 Å². The number of nitrogens with two attached hydrogens (primary N) is 1. The van der Waals surface area contributed by atoms with Crippen LogP contribution in [0.15, 0.2) is 54.7 Å². The van der Waals surface area contributed by atoms with Crippen LogP contribution in [-0.2, 0) is 4.79 Å². The number of halogens is 2. The van der Waals surface area contributed by atoms with Gasteiger partial charge in [-0.15, -0.1) is 0 Å². The number of rotatable bonds is 7. The number of nitrogens with zero attached hydrogens (tertiary/aromatic N) is 2. The third kappa shape index (κ3) is 6.65. The summed E-state index contributed by atoms with van der Waals surface area (Å²) in [5.74, 6) is 0.504. The summed E-state index contributed by atoms with van der Waals surface area (Å²) in [7, 11) is 6.84. The third-order valence-corrected chi connectivity index (χ3v) is 4.43. The van der Waals surface area contributed by atoms with Crippen molar-refractivity contribution in [3.8, 4) is 17.2 Å². The van der Waals surface area contributed by atoms with Crippen LogP contribution >= 0.6 is 11.6 Å². The summed E-state index contributed by atoms with van der Waals surface area (Å²) in [5.41, 5.74) is 5.58. The standard InChI is InChI=1S/C22H21ClFN3O3.CH5N/c1-27(2)10-4-5-22(28)26-19-12-15-18(13-21(19)29-3)25-9-8-20(15)30-14-6-7-17(24)16(23)11-14;1-2/h4-9,11-13H,10H2,1-3H3,(H,26,28);2H2,1H3/b5-4+;. The van der Waals surface area contributed by atoms with Crippen molar-refractivity contribution < 1.29 is 18.7 Å². The highest BCUT2D eigenvalue weighted by Gasteiger charge is 2.13. The van der Waals surface area contributed by atoms with Crippen LogP contribution in [-0.4, -0.2) is 50.6 Å². The number of benzene rings is 2. The number of fused-ring (bicyclic) bond motifs is 1. The van der Waals surface area contributed by atoms with Gasteiger partial charge in [0.25, 0.3) is 0 Å². The SMILES string of the molecule is CN.COc1cc2nccc(Oc3ccc(F)c(Cl)c3)c2cc1NC(=O)/C=C/CN(C)C. The van der Waals surface area contributed by atoms with Gasteiger partial charge in [0.2, 0.25) is 5.91 Å². The van der Waals surface area contributed by atoms with Gasteiger partial charge in [0.15, 0.2) is 0 Å². The van der Waals surface area contributed by atoms with Crippen molar-refractivity contribution in [2.45, 2.75) is 0 Å². The lowest BCUT2D eigenvalue weighted by atomic mass is 10.1. The van der Waals surface area contributed by atoms with Crippen LogP contribution < -0.4 is 20.5 Å². The molecule has 170 valence electrons. The van der Waals surface area contributed by atoms with Crippen LogP contribution in [0.4, 0.5) is 10.1 Å². The maximum absolute atomic E-state index is 13.4. The van der Waals surface area contributed by atoms with Crippen molar-refractivity contribution in [3.63, 3.8) is 0 Å². The minimum absolute atomic E-state index is 0.0370. The summed E-state index contributed by atoms with van der Waals surface area (Å²) < 4.78 is 24.7. The Hall–Kier alpha value is -3.20. The number of hydrogen-bond acceptors (Lipinski definition) is 6. The lowest BCUT2D eigenvalue weighted by Crippen LogP contribution is -2.13. The minimum atomic E-state index is -0.527. The first kappa shape index (κ1) is 25.1. The summed E-state index contributed by atoms with van der Waals surface area (Å²) in [5, 5.41) is 3.42. The van der Waals surface area contributed by atoms with Gasteiger partial charge >= 0.3 is 0 Å². The number of aromatic nitrogens is 1. The number of likely N-dealkylation sites (N-methyl/N-ethyl adjacent to an activating group) is 1. The number of anilines is 1. The molecular weight excluding hydrogens is 435 g/mol. The van der Waals surface area contributed by atoms with E-state index in [-0.39, 0.29) is 10.9 Å². The van der Waals surface area contributed by atoms with Crippen molar-refractivity contribution >= 4 is 34.1 Å². The van der Waals surface area contributed by atoms with E-state index in [9.17, 15) is 9.18 Å². The fourth-order valence-electron chi connectivity index (χ4n) is 2.72. The predicted octanol–water partition coefficient (Wildman–Crippen LogP) is 4.46. The minimum Gasteiger partial charge on any atom is -0.494 e. The Morgan fingerprint density at radius 2 is 1.97 bits per heavy atom. The van der Waals surface area contributed by atoms with Crippen LogP contribution in [0.5, 0.6) is 17.2 Å². The summed E-state index contributed by atoms with van der Waals surface area (Å²) in [4.78, 5) is 18.6. The molecule has 32 heavy (non-hydrogen) atoms. The second-order valence-electron chi connectivity index (χ2n) is 6.71. The zero-order valence-corrected chi connectivity index (χ0v) is 19.1. The number of ether oxygens (including phenoxy) is 2. The van der Waals surface area contributed by atoms with Gasteiger partial charge in [-0.2, -0.15) is 0 Å². The topological polar surface area (TPSA) is 89.7 Å². The Bertz CT molecular complexity index is 1110. The van der Waals surface area contributed by atoms with E-state index in [1.807, 2.05) is 19.0 Å². The Labute approximate surface area is 191 Å². The molecule has 0 aliphatic heterocycles. The van der Waals surface area contributed by atoms with Crippen LogP contribution in [0.1, 0.15) is 0 Å². The van der Waals surface area contributed by atoms with E-state index >= 15 is 0 Å². The number of carbonyl (C=O) groups excluding carboxylic acids is 1. The molecule has 0 radical (unpaired) electrons. The van der Waals surface area contributed by atoms with Crippen LogP contribution in [0.2, 0.25) is 5.02 Å². The van der Waals surface area contributed by atoms with Crippen molar-refractivity contribution in [3.05, 3.63) is 65.6 Å². The molecule has 1 heterocycles. The maximum Gasteiger partial charge on any atom is 0.248 e. The highest BCUT2D eigenvalue weighted by Crippen LogP contribution is 2.36. The molecule has 3 aromatic rings. The molecule has 3 rings (SSSR count). The lowest BCUT2D eigenvalue weighted by Gasteiger charge is -2.13. The Balaban J connectivity index is 0.00000176. The lowest BCUT2D eigenvalue weighted by molar-refractivity contribution is -0.111. The molecule has 0 spiro atoms. The van der Waals surface area contributed by atoms with E-state index in [1.165, 1.54) is 38.4 Å². The van der Waals surface area contributed by atoms with Crippen LogP contribution in [0, 0.1) is 5.82 Å². The first-order chi connectivity index (χ1) is 15.4. The molecule has 1 aromatic heterocycles. The second-order valence-corrected chi connectivity index (χ2v) is 7.12.